The largest absolute Gasteiger partial charge is 0.416 e. The van der Waals surface area contributed by atoms with E-state index in [0.29, 0.717) is 50.3 Å². The number of aromatic nitrogens is 3. The van der Waals surface area contributed by atoms with Gasteiger partial charge in [-0.2, -0.15) is 28.1 Å². The van der Waals surface area contributed by atoms with Crippen LogP contribution >= 0.6 is 0 Å². The van der Waals surface area contributed by atoms with Gasteiger partial charge >= 0.3 is 6.18 Å². The average molecular weight is 444 g/mol. The maximum atomic E-state index is 13.0. The Morgan fingerprint density at radius 1 is 0.812 bits per heavy atom. The monoisotopic (exact) mass is 444 g/mol. The Kier molecular flexibility index (Phi) is 6.69. The highest BCUT2D eigenvalue weighted by Crippen LogP contribution is 2.29. The van der Waals surface area contributed by atoms with Crippen molar-refractivity contribution in [2.24, 2.45) is 0 Å². The molecular weight excluding hydrogens is 421 g/mol. The summed E-state index contributed by atoms with van der Waals surface area (Å²) < 4.78 is 44.4. The fraction of sp³-hybridized carbons (Fsp3) is 0.318. The maximum Gasteiger partial charge on any atom is 0.416 e. The summed E-state index contributed by atoms with van der Waals surface area (Å²) in [6.45, 7) is 3.12. The first-order chi connectivity index (χ1) is 15.5. The first-order valence-electron chi connectivity index (χ1n) is 10.2. The summed E-state index contributed by atoms with van der Waals surface area (Å²) in [5.74, 6) is 1.16. The Hall–Kier alpha value is -3.40. The number of hydrogen-bond acceptors (Lipinski definition) is 7. The SMILES string of the molecule is FC(F)(F)c1cccc(CNc2nc(NCc3ccccc3)nc(N3CCOCC3)n2)c1. The number of hydrogen-bond donors (Lipinski definition) is 2. The molecule has 168 valence electrons. The van der Waals surface area contributed by atoms with Crippen LogP contribution in [0.1, 0.15) is 16.7 Å². The minimum absolute atomic E-state index is 0.147. The number of nitrogens with one attached hydrogen (secondary N) is 2. The molecule has 0 atom stereocenters. The molecule has 2 N–H and O–H groups in total. The fourth-order valence-corrected chi connectivity index (χ4v) is 3.24. The summed E-state index contributed by atoms with van der Waals surface area (Å²) in [6, 6.07) is 15.0. The molecule has 0 unspecified atom stereocenters. The summed E-state index contributed by atoms with van der Waals surface area (Å²) in [5, 5.41) is 6.23. The van der Waals surface area contributed by atoms with E-state index in [1.165, 1.54) is 6.07 Å². The van der Waals surface area contributed by atoms with Crippen molar-refractivity contribution >= 4 is 17.8 Å². The van der Waals surface area contributed by atoms with E-state index < -0.39 is 11.7 Å². The molecule has 1 aliphatic heterocycles. The van der Waals surface area contributed by atoms with Gasteiger partial charge in [0, 0.05) is 26.2 Å². The summed E-state index contributed by atoms with van der Waals surface area (Å²) in [6.07, 6.45) is -4.39. The lowest BCUT2D eigenvalue weighted by molar-refractivity contribution is -0.137. The lowest BCUT2D eigenvalue weighted by atomic mass is 10.1. The maximum absolute atomic E-state index is 13.0. The molecule has 0 aliphatic carbocycles. The van der Waals surface area contributed by atoms with Crippen LogP contribution in [0.5, 0.6) is 0 Å². The number of anilines is 3. The van der Waals surface area contributed by atoms with E-state index in [2.05, 4.69) is 25.6 Å². The first-order valence-corrected chi connectivity index (χ1v) is 10.2. The van der Waals surface area contributed by atoms with Gasteiger partial charge in [0.25, 0.3) is 0 Å². The minimum atomic E-state index is -4.39. The van der Waals surface area contributed by atoms with Gasteiger partial charge in [-0.25, -0.2) is 0 Å². The number of rotatable bonds is 7. The third-order valence-corrected chi connectivity index (χ3v) is 4.92. The number of nitrogens with zero attached hydrogens (tertiary/aromatic N) is 4. The number of morpholine rings is 1. The molecule has 7 nitrogen and oxygen atoms in total. The van der Waals surface area contributed by atoms with Crippen LogP contribution in [0.3, 0.4) is 0 Å². The van der Waals surface area contributed by atoms with Gasteiger partial charge < -0.3 is 20.3 Å². The molecule has 1 aromatic heterocycles. The van der Waals surface area contributed by atoms with Gasteiger partial charge in [0.15, 0.2) is 0 Å². The van der Waals surface area contributed by atoms with E-state index in [9.17, 15) is 13.2 Å². The van der Waals surface area contributed by atoms with Crippen molar-refractivity contribution in [1.29, 1.82) is 0 Å². The second kappa shape index (κ2) is 9.82. The Morgan fingerprint density at radius 3 is 2.09 bits per heavy atom. The van der Waals surface area contributed by atoms with Crippen LogP contribution < -0.4 is 15.5 Å². The Bertz CT molecular complexity index is 1030. The van der Waals surface area contributed by atoms with Gasteiger partial charge in [0.1, 0.15) is 0 Å². The fourth-order valence-electron chi connectivity index (χ4n) is 3.24. The predicted molar refractivity (Wildman–Crippen MR) is 115 cm³/mol. The average Bonchev–Trinajstić information content (AvgIpc) is 2.82. The molecular formula is C22H23F3N6O. The van der Waals surface area contributed by atoms with Gasteiger partial charge in [-0.05, 0) is 23.3 Å². The van der Waals surface area contributed by atoms with Crippen LogP contribution in [0, 0.1) is 0 Å². The zero-order chi connectivity index (χ0) is 22.4. The van der Waals surface area contributed by atoms with Crippen molar-refractivity contribution < 1.29 is 17.9 Å². The van der Waals surface area contributed by atoms with Crippen LogP contribution in [0.15, 0.2) is 54.6 Å². The molecule has 1 aliphatic rings. The number of halogens is 3. The van der Waals surface area contributed by atoms with E-state index in [0.717, 1.165) is 17.7 Å². The molecule has 0 amide bonds. The third kappa shape index (κ3) is 5.85. The molecule has 10 heteroatoms. The van der Waals surface area contributed by atoms with Crippen molar-refractivity contribution in [2.45, 2.75) is 19.3 Å². The molecule has 1 fully saturated rings. The Labute approximate surface area is 183 Å². The van der Waals surface area contributed by atoms with Gasteiger partial charge in [-0.1, -0.05) is 42.5 Å². The van der Waals surface area contributed by atoms with Gasteiger partial charge in [-0.15, -0.1) is 0 Å². The summed E-state index contributed by atoms with van der Waals surface area (Å²) in [7, 11) is 0. The lowest BCUT2D eigenvalue weighted by Crippen LogP contribution is -2.37. The topological polar surface area (TPSA) is 75.2 Å². The van der Waals surface area contributed by atoms with Crippen molar-refractivity contribution in [2.75, 3.05) is 41.8 Å². The Morgan fingerprint density at radius 2 is 1.44 bits per heavy atom. The van der Waals surface area contributed by atoms with Crippen LogP contribution in [0.25, 0.3) is 0 Å². The van der Waals surface area contributed by atoms with E-state index in [1.54, 1.807) is 6.07 Å². The Balaban J connectivity index is 1.52. The van der Waals surface area contributed by atoms with Gasteiger partial charge in [-0.3, -0.25) is 0 Å². The highest BCUT2D eigenvalue weighted by molar-refractivity contribution is 5.45. The van der Waals surface area contributed by atoms with Crippen LogP contribution in [0.2, 0.25) is 0 Å². The minimum Gasteiger partial charge on any atom is -0.378 e. The van der Waals surface area contributed by atoms with E-state index in [-0.39, 0.29) is 12.5 Å². The molecule has 2 aromatic carbocycles. The third-order valence-electron chi connectivity index (χ3n) is 4.92. The van der Waals surface area contributed by atoms with Crippen molar-refractivity contribution in [3.63, 3.8) is 0 Å². The van der Waals surface area contributed by atoms with Gasteiger partial charge in [0.05, 0.1) is 18.8 Å². The van der Waals surface area contributed by atoms with E-state index in [1.807, 2.05) is 35.2 Å². The normalized spacial score (nSPS) is 14.3. The number of benzene rings is 2. The molecule has 2 heterocycles. The molecule has 0 saturated carbocycles. The van der Waals surface area contributed by atoms with Crippen LogP contribution in [0.4, 0.5) is 31.0 Å². The van der Waals surface area contributed by atoms with Crippen LogP contribution in [-0.4, -0.2) is 41.3 Å². The highest BCUT2D eigenvalue weighted by atomic mass is 19.4. The molecule has 1 saturated heterocycles. The quantitative estimate of drug-likeness (QED) is 0.572. The van der Waals surface area contributed by atoms with Crippen molar-refractivity contribution in [3.05, 3.63) is 71.3 Å². The smallest absolute Gasteiger partial charge is 0.378 e. The highest BCUT2D eigenvalue weighted by Gasteiger charge is 2.30. The van der Waals surface area contributed by atoms with E-state index >= 15 is 0 Å². The molecule has 3 aromatic rings. The zero-order valence-corrected chi connectivity index (χ0v) is 17.3. The molecule has 0 radical (unpaired) electrons. The first kappa shape index (κ1) is 21.8. The zero-order valence-electron chi connectivity index (χ0n) is 17.3. The molecule has 4 rings (SSSR count). The summed E-state index contributed by atoms with van der Waals surface area (Å²) >= 11 is 0. The van der Waals surface area contributed by atoms with Crippen molar-refractivity contribution in [1.82, 2.24) is 15.0 Å². The van der Waals surface area contributed by atoms with Crippen LogP contribution in [-0.2, 0) is 24.0 Å². The number of ether oxygens (including phenoxy) is 1. The second-order valence-corrected chi connectivity index (χ2v) is 7.27. The number of alkyl halides is 3. The molecule has 0 spiro atoms. The molecule has 0 bridgehead atoms. The summed E-state index contributed by atoms with van der Waals surface area (Å²) in [5.41, 5.74) is 0.859. The standard InChI is InChI=1S/C22H23F3N6O/c23-22(24,25)18-8-4-7-17(13-18)15-27-20-28-19(26-14-16-5-2-1-3-6-16)29-21(30-20)31-9-11-32-12-10-31/h1-8,13H,9-12,14-15H2,(H2,26,27,28,29,30). The van der Waals surface area contributed by atoms with Gasteiger partial charge in [0.2, 0.25) is 17.8 Å². The van der Waals surface area contributed by atoms with Crippen molar-refractivity contribution in [3.8, 4) is 0 Å². The predicted octanol–water partition coefficient (Wildman–Crippen LogP) is 3.95. The lowest BCUT2D eigenvalue weighted by Gasteiger charge is -2.27. The summed E-state index contributed by atoms with van der Waals surface area (Å²) in [4.78, 5) is 15.4. The molecule has 32 heavy (non-hydrogen) atoms. The van der Waals surface area contributed by atoms with E-state index in [4.69, 9.17) is 4.74 Å². The second-order valence-electron chi connectivity index (χ2n) is 7.27.